The first kappa shape index (κ1) is 49.2. The van der Waals surface area contributed by atoms with Gasteiger partial charge in [0.1, 0.15) is 12.2 Å². The molecule has 4 atom stereocenters. The number of ether oxygens (including phenoxy) is 3. The van der Waals surface area contributed by atoms with Gasteiger partial charge in [0.25, 0.3) is 0 Å². The molecule has 0 aromatic carbocycles. The molecule has 1 fully saturated rings. The highest BCUT2D eigenvalue weighted by atomic mass is 31.2. The number of carbonyl (C=O) groups excluding carboxylic acids is 1. The Labute approximate surface area is 323 Å². The van der Waals surface area contributed by atoms with E-state index >= 15 is 0 Å². The number of allylic oxidation sites excluding steroid dienone is 9. The van der Waals surface area contributed by atoms with Gasteiger partial charge in [0, 0.05) is 19.6 Å². The van der Waals surface area contributed by atoms with Crippen LogP contribution in [-0.4, -0.2) is 62.1 Å². The summed E-state index contributed by atoms with van der Waals surface area (Å²) in [6.45, 7) is 4.67. The predicted molar refractivity (Wildman–Crippen MR) is 219 cm³/mol. The van der Waals surface area contributed by atoms with E-state index < -0.39 is 19.9 Å². The van der Waals surface area contributed by atoms with Gasteiger partial charge in [-0.1, -0.05) is 171 Å². The molecule has 3 N–H and O–H groups in total. The fourth-order valence-corrected chi connectivity index (χ4v) is 6.55. The van der Waals surface area contributed by atoms with E-state index in [1.807, 2.05) is 30.4 Å². The topological polar surface area (TPSA) is 130 Å². The molecule has 1 aliphatic heterocycles. The van der Waals surface area contributed by atoms with Crippen molar-refractivity contribution in [3.63, 3.8) is 0 Å². The van der Waals surface area contributed by atoms with Gasteiger partial charge in [0.05, 0.1) is 25.9 Å². The van der Waals surface area contributed by atoms with Crippen LogP contribution in [0.3, 0.4) is 0 Å². The van der Waals surface area contributed by atoms with Gasteiger partial charge in [0.15, 0.2) is 0 Å². The number of carbonyl (C=O) groups is 1. The number of rotatable bonds is 38. The Kier molecular flexibility index (Phi) is 33.3. The molecule has 0 spiro atoms. The third-order valence-electron chi connectivity index (χ3n) is 8.91. The first-order valence-corrected chi connectivity index (χ1v) is 22.5. The Morgan fingerprint density at radius 1 is 0.717 bits per heavy atom. The van der Waals surface area contributed by atoms with Crippen LogP contribution in [0, 0.1) is 0 Å². The second-order valence-electron chi connectivity index (χ2n) is 13.9. The molecule has 0 radical (unpaired) electrons. The average Bonchev–Trinajstić information content (AvgIpc) is 3.90. The van der Waals surface area contributed by atoms with Gasteiger partial charge < -0.3 is 24.8 Å². The van der Waals surface area contributed by atoms with E-state index in [1.54, 1.807) is 0 Å². The second-order valence-corrected chi connectivity index (χ2v) is 15.4. The molecule has 306 valence electrons. The van der Waals surface area contributed by atoms with Crippen LogP contribution in [0.4, 0.5) is 0 Å². The normalized spacial score (nSPS) is 18.0. The van der Waals surface area contributed by atoms with Crippen LogP contribution in [0.25, 0.3) is 0 Å². The quantitative estimate of drug-likeness (QED) is 0.0157. The van der Waals surface area contributed by atoms with Crippen molar-refractivity contribution >= 4 is 13.8 Å². The van der Waals surface area contributed by atoms with E-state index in [4.69, 9.17) is 29.0 Å². The molecule has 0 aromatic rings. The number of esters is 1. The molecule has 1 rings (SSSR count). The lowest BCUT2D eigenvalue weighted by Crippen LogP contribution is -2.28. The van der Waals surface area contributed by atoms with Crippen LogP contribution >= 0.6 is 7.82 Å². The van der Waals surface area contributed by atoms with Gasteiger partial charge in [-0.05, 0) is 38.5 Å². The number of phosphoric ester groups is 1. The van der Waals surface area contributed by atoms with E-state index in [0.29, 0.717) is 13.0 Å². The van der Waals surface area contributed by atoms with Crippen molar-refractivity contribution in [2.24, 2.45) is 5.73 Å². The highest BCUT2D eigenvalue weighted by Crippen LogP contribution is 2.43. The van der Waals surface area contributed by atoms with Crippen LogP contribution in [-0.2, 0) is 32.6 Å². The van der Waals surface area contributed by atoms with Crippen LogP contribution in [0.2, 0.25) is 0 Å². The summed E-state index contributed by atoms with van der Waals surface area (Å²) in [5.74, 6) is -0.407. The minimum atomic E-state index is -4.31. The van der Waals surface area contributed by atoms with Gasteiger partial charge in [-0.15, -0.1) is 0 Å². The minimum Gasteiger partial charge on any atom is -0.457 e. The van der Waals surface area contributed by atoms with Gasteiger partial charge in [-0.25, -0.2) is 4.57 Å². The molecular weight excluding hydrogens is 689 g/mol. The SMILES string of the molecule is CC/C=C\C/C=C\C\C=C/C=C/C=C/C1OC1CCCC(=O)OC(COCCCCCCCCCCCCCCCCCC)COP(=O)(O)OCCN. The van der Waals surface area contributed by atoms with E-state index in [1.165, 1.54) is 89.9 Å². The number of nitrogens with two attached hydrogens (primary N) is 1. The van der Waals surface area contributed by atoms with Crippen molar-refractivity contribution in [3.8, 4) is 0 Å². The minimum absolute atomic E-state index is 0.0602. The molecule has 1 saturated heterocycles. The van der Waals surface area contributed by atoms with Crippen LogP contribution in [0.5, 0.6) is 0 Å². The monoisotopic (exact) mass is 766 g/mol. The predicted octanol–water partition coefficient (Wildman–Crippen LogP) is 11.2. The van der Waals surface area contributed by atoms with E-state index in [0.717, 1.165) is 38.5 Å². The summed E-state index contributed by atoms with van der Waals surface area (Å²) in [5.41, 5.74) is 5.36. The molecule has 0 aromatic heterocycles. The molecule has 1 aliphatic rings. The summed E-state index contributed by atoms with van der Waals surface area (Å²) < 4.78 is 39.1. The molecule has 9 nitrogen and oxygen atoms in total. The zero-order chi connectivity index (χ0) is 38.5. The van der Waals surface area contributed by atoms with E-state index in [-0.39, 0.29) is 45.0 Å². The Morgan fingerprint density at radius 2 is 1.30 bits per heavy atom. The zero-order valence-corrected chi connectivity index (χ0v) is 34.3. The van der Waals surface area contributed by atoms with Gasteiger partial charge in [-0.3, -0.25) is 13.8 Å². The third kappa shape index (κ3) is 33.2. The third-order valence-corrected chi connectivity index (χ3v) is 9.90. The number of hydrogen-bond donors (Lipinski definition) is 2. The first-order chi connectivity index (χ1) is 25.9. The van der Waals surface area contributed by atoms with Crippen molar-refractivity contribution in [1.82, 2.24) is 0 Å². The Balaban J connectivity index is 2.21. The average molecular weight is 766 g/mol. The van der Waals surface area contributed by atoms with Crippen molar-refractivity contribution in [2.75, 3.05) is 33.0 Å². The summed E-state index contributed by atoms with van der Waals surface area (Å²) in [5, 5.41) is 0. The van der Waals surface area contributed by atoms with Crippen molar-refractivity contribution in [2.45, 2.75) is 173 Å². The maximum Gasteiger partial charge on any atom is 0.472 e. The highest BCUT2D eigenvalue weighted by Gasteiger charge is 2.35. The lowest BCUT2D eigenvalue weighted by atomic mass is 10.0. The lowest BCUT2D eigenvalue weighted by molar-refractivity contribution is -0.154. The van der Waals surface area contributed by atoms with Crippen LogP contribution in [0.15, 0.2) is 60.8 Å². The summed E-state index contributed by atoms with van der Waals surface area (Å²) in [6, 6.07) is 0. The van der Waals surface area contributed by atoms with Crippen LogP contribution < -0.4 is 5.73 Å². The molecule has 0 saturated carbocycles. The summed E-state index contributed by atoms with van der Waals surface area (Å²) in [7, 11) is -4.31. The largest absolute Gasteiger partial charge is 0.472 e. The number of hydrogen-bond acceptors (Lipinski definition) is 8. The van der Waals surface area contributed by atoms with Crippen molar-refractivity contribution in [1.29, 1.82) is 0 Å². The molecule has 1 heterocycles. The van der Waals surface area contributed by atoms with Crippen molar-refractivity contribution in [3.05, 3.63) is 60.8 Å². The van der Waals surface area contributed by atoms with Gasteiger partial charge in [-0.2, -0.15) is 0 Å². The Hall–Kier alpha value is -1.84. The summed E-state index contributed by atoms with van der Waals surface area (Å²) >= 11 is 0. The summed E-state index contributed by atoms with van der Waals surface area (Å²) in [6.07, 6.45) is 45.5. The molecule has 53 heavy (non-hydrogen) atoms. The molecule has 0 amide bonds. The fraction of sp³-hybridized carbons (Fsp3) is 0.744. The van der Waals surface area contributed by atoms with Gasteiger partial charge >= 0.3 is 13.8 Å². The smallest absolute Gasteiger partial charge is 0.457 e. The van der Waals surface area contributed by atoms with E-state index in [9.17, 15) is 14.3 Å². The zero-order valence-electron chi connectivity index (χ0n) is 33.4. The maximum absolute atomic E-state index is 12.6. The lowest BCUT2D eigenvalue weighted by Gasteiger charge is -2.20. The van der Waals surface area contributed by atoms with Crippen LogP contribution in [0.1, 0.15) is 155 Å². The highest BCUT2D eigenvalue weighted by molar-refractivity contribution is 7.47. The number of phosphoric acid groups is 1. The van der Waals surface area contributed by atoms with E-state index in [2.05, 4.69) is 44.2 Å². The first-order valence-electron chi connectivity index (χ1n) is 21.0. The molecule has 10 heteroatoms. The van der Waals surface area contributed by atoms with Gasteiger partial charge in [0.2, 0.25) is 0 Å². The standard InChI is InChI=1S/C43H76NO8P/c1-3-5-7-9-11-13-15-17-18-19-20-22-24-26-28-30-36-48-38-40(39-50-53(46,47)49-37-35-44)51-43(45)34-31-33-42-41(52-42)32-29-27-25-23-21-16-14-12-10-8-6-4-2/h6,8,12,14,21,23,25,27,29,32,40-42H,3-5,7,9-11,13,15-20,22,24,26,28,30-31,33-39,44H2,1-2H3,(H,46,47)/b8-6-,14-12-,23-21-,27-25+,32-29+. The second kappa shape index (κ2) is 35.8. The number of unbranched alkanes of at least 4 members (excludes halogenated alkanes) is 15. The summed E-state index contributed by atoms with van der Waals surface area (Å²) in [4.78, 5) is 22.5. The maximum atomic E-state index is 12.6. The molecule has 0 aliphatic carbocycles. The molecule has 4 unspecified atom stereocenters. The Morgan fingerprint density at radius 3 is 1.92 bits per heavy atom. The Bertz CT molecular complexity index is 1060. The molecule has 0 bridgehead atoms. The molecular formula is C43H76NO8P. The van der Waals surface area contributed by atoms with Crippen molar-refractivity contribution < 1.29 is 37.5 Å². The number of epoxide rings is 1. The fourth-order valence-electron chi connectivity index (χ4n) is 5.79.